The molecule has 0 bridgehead atoms. The Labute approximate surface area is 286 Å². The van der Waals surface area contributed by atoms with Gasteiger partial charge in [-0.05, 0) is 12.1 Å². The van der Waals surface area contributed by atoms with Gasteiger partial charge in [-0.15, -0.1) is 0 Å². The number of phosphoric ester groups is 2. The number of H-pyrrole nitrogens is 1. The van der Waals surface area contributed by atoms with E-state index in [4.69, 9.17) is 19.9 Å². The Morgan fingerprint density at radius 3 is 2.27 bits per heavy atom. The molecule has 1 aliphatic rings. The van der Waals surface area contributed by atoms with Gasteiger partial charge in [-0.2, -0.15) is 9.29 Å². The van der Waals surface area contributed by atoms with Gasteiger partial charge in [-0.3, -0.25) is 33.0 Å². The van der Waals surface area contributed by atoms with Crippen molar-refractivity contribution in [1.29, 1.82) is 0 Å². The van der Waals surface area contributed by atoms with Gasteiger partial charge >= 0.3 is 15.6 Å². The van der Waals surface area contributed by atoms with E-state index >= 15 is 0 Å². The molecule has 2 aromatic carbocycles. The second-order valence-corrected chi connectivity index (χ2v) is 13.6. The van der Waals surface area contributed by atoms with E-state index in [1.165, 1.54) is 26.4 Å². The van der Waals surface area contributed by atoms with Crippen molar-refractivity contribution >= 4 is 55.9 Å². The number of aromatic nitrogens is 4. The molecule has 1 saturated heterocycles. The smallest absolute Gasteiger partial charge is 0.481 e. The maximum Gasteiger partial charge on any atom is 0.481 e. The Morgan fingerprint density at radius 2 is 1.63 bits per heavy atom. The van der Waals surface area contributed by atoms with Crippen LogP contribution in [0.5, 0.6) is 11.5 Å². The van der Waals surface area contributed by atoms with Crippen molar-refractivity contribution in [3.8, 4) is 11.5 Å². The fraction of sp³-hybridized carbons (Fsp3) is 0.296. The zero-order chi connectivity index (χ0) is 37.1. The van der Waals surface area contributed by atoms with Crippen LogP contribution in [0.3, 0.4) is 0 Å². The summed E-state index contributed by atoms with van der Waals surface area (Å²) >= 11 is 0. The van der Waals surface area contributed by atoms with Crippen molar-refractivity contribution in [2.75, 3.05) is 43.8 Å². The van der Waals surface area contributed by atoms with Crippen LogP contribution in [0.15, 0.2) is 53.6 Å². The minimum Gasteiger partial charge on any atom is -0.494 e. The number of aromatic amines is 1. The molecular weight excluding hydrogens is 724 g/mol. The van der Waals surface area contributed by atoms with Crippen molar-refractivity contribution in [3.63, 3.8) is 0 Å². The van der Waals surface area contributed by atoms with Crippen molar-refractivity contribution < 1.29 is 66.3 Å². The molecule has 4 aromatic rings. The molecule has 2 unspecified atom stereocenters. The third kappa shape index (κ3) is 8.78. The highest BCUT2D eigenvalue weighted by Gasteiger charge is 2.46. The molecule has 1 aliphatic heterocycles. The van der Waals surface area contributed by atoms with Crippen LogP contribution < -0.4 is 31.4 Å². The minimum atomic E-state index is -5.46. The van der Waals surface area contributed by atoms with E-state index in [2.05, 4.69) is 38.9 Å². The van der Waals surface area contributed by atoms with Gasteiger partial charge in [0.1, 0.15) is 36.4 Å². The van der Waals surface area contributed by atoms with E-state index in [-0.39, 0.29) is 40.0 Å². The fourth-order valence-electron chi connectivity index (χ4n) is 4.77. The number of carbonyl (C=O) groups excluding carboxylic acids is 2. The van der Waals surface area contributed by atoms with Gasteiger partial charge in [0.05, 0.1) is 38.5 Å². The second-order valence-electron chi connectivity index (χ2n) is 10.5. The first-order valence-electron chi connectivity index (χ1n) is 14.4. The first kappa shape index (κ1) is 37.5. The standard InChI is InChI=1S/C27H31N7O15P2/c1-44-16-9-15(31-24(38)13-6-4-3-5-7-13)17(45-2)8-14(16)30-19(35)11-47-51(42,43)49-50(40,41)46-10-18-21(36)22(37)26(48-18)34-12-29-20-23(34)32-27(28)33-25(20)39/h3-9,12,18,21-22,26,36-37H,10-11H2,1-2H3,(H,30,35)(H,31,38)(H,40,41)(H,42,43)(H3,28,32,33,39)/t18-,21-,22-,26-/m1/s1. The number of phosphoric acid groups is 2. The Morgan fingerprint density at radius 1 is 1.00 bits per heavy atom. The van der Waals surface area contributed by atoms with Crippen molar-refractivity contribution in [2.24, 2.45) is 0 Å². The summed E-state index contributed by atoms with van der Waals surface area (Å²) < 4.78 is 55.6. The SMILES string of the molecule is COc1cc(NC(=O)c2ccccc2)c(OC)cc1NC(=O)COP(=O)(O)OP(=O)(O)OC[C@H]1O[C@@H](n2cnc3c(=O)[nH]c(N)nc32)[C@H](O)[C@@H]1O. The Hall–Kier alpha value is -4.73. The molecule has 2 aromatic heterocycles. The highest BCUT2D eigenvalue weighted by Crippen LogP contribution is 2.60. The number of anilines is 3. The molecule has 22 nitrogen and oxygen atoms in total. The average molecular weight is 756 g/mol. The highest BCUT2D eigenvalue weighted by atomic mass is 31.3. The molecule has 6 atom stereocenters. The summed E-state index contributed by atoms with van der Waals surface area (Å²) in [5, 5.41) is 26.0. The molecule has 9 N–H and O–H groups in total. The number of ether oxygens (including phenoxy) is 3. The second kappa shape index (κ2) is 15.3. The summed E-state index contributed by atoms with van der Waals surface area (Å²) in [4.78, 5) is 67.4. The lowest BCUT2D eigenvalue weighted by atomic mass is 10.1. The summed E-state index contributed by atoms with van der Waals surface area (Å²) in [6.45, 7) is -2.14. The first-order chi connectivity index (χ1) is 24.1. The molecule has 3 heterocycles. The maximum atomic E-state index is 12.6. The van der Waals surface area contributed by atoms with Gasteiger partial charge in [0.15, 0.2) is 17.4 Å². The van der Waals surface area contributed by atoms with Crippen LogP contribution in [0.2, 0.25) is 0 Å². The van der Waals surface area contributed by atoms with Crippen LogP contribution in [-0.2, 0) is 32.0 Å². The Balaban J connectivity index is 1.16. The predicted molar refractivity (Wildman–Crippen MR) is 174 cm³/mol. The van der Waals surface area contributed by atoms with Crippen molar-refractivity contribution in [1.82, 2.24) is 19.5 Å². The van der Waals surface area contributed by atoms with Gasteiger partial charge in [0, 0.05) is 17.7 Å². The molecule has 1 fully saturated rings. The van der Waals surface area contributed by atoms with E-state index in [1.807, 2.05) is 0 Å². The number of aliphatic hydroxyl groups is 2. The largest absolute Gasteiger partial charge is 0.494 e. The zero-order valence-corrected chi connectivity index (χ0v) is 28.2. The number of benzene rings is 2. The number of amides is 2. The number of hydrogen-bond acceptors (Lipinski definition) is 16. The van der Waals surface area contributed by atoms with E-state index in [0.29, 0.717) is 5.56 Å². The van der Waals surface area contributed by atoms with E-state index < -0.39 is 70.8 Å². The lowest BCUT2D eigenvalue weighted by molar-refractivity contribution is -0.118. The summed E-state index contributed by atoms with van der Waals surface area (Å²) in [5.41, 5.74) is 5.17. The highest BCUT2D eigenvalue weighted by molar-refractivity contribution is 7.61. The Kier molecular flexibility index (Phi) is 11.2. The van der Waals surface area contributed by atoms with Crippen LogP contribution in [0.4, 0.5) is 17.3 Å². The number of nitrogens with one attached hydrogen (secondary N) is 3. The number of nitrogens with zero attached hydrogens (tertiary/aromatic N) is 3. The van der Waals surface area contributed by atoms with Gasteiger partial charge in [-0.1, -0.05) is 18.2 Å². The lowest BCUT2D eigenvalue weighted by Gasteiger charge is -2.19. The van der Waals surface area contributed by atoms with Crippen LogP contribution in [0, 0.1) is 0 Å². The lowest BCUT2D eigenvalue weighted by Crippen LogP contribution is -2.33. The Bertz CT molecular complexity index is 2080. The number of nitrogen functional groups attached to an aromatic ring is 1. The van der Waals surface area contributed by atoms with E-state index in [1.54, 1.807) is 30.3 Å². The third-order valence-corrected chi connectivity index (χ3v) is 9.69. The quantitative estimate of drug-likeness (QED) is 0.0811. The maximum absolute atomic E-state index is 12.6. The molecule has 0 radical (unpaired) electrons. The van der Waals surface area contributed by atoms with Crippen LogP contribution >= 0.6 is 15.6 Å². The number of nitrogens with two attached hydrogens (primary N) is 1. The number of hydrogen-bond donors (Lipinski definition) is 8. The molecule has 274 valence electrons. The van der Waals surface area contributed by atoms with E-state index in [0.717, 1.165) is 10.9 Å². The number of aliphatic hydroxyl groups excluding tert-OH is 2. The molecule has 51 heavy (non-hydrogen) atoms. The van der Waals surface area contributed by atoms with Gasteiger partial charge in [-0.25, -0.2) is 14.1 Å². The number of imidazole rings is 1. The summed E-state index contributed by atoms with van der Waals surface area (Å²) in [6, 6.07) is 11.0. The first-order valence-corrected chi connectivity index (χ1v) is 17.4. The molecular formula is C27H31N7O15P2. The van der Waals surface area contributed by atoms with Gasteiger partial charge in [0.25, 0.3) is 17.4 Å². The number of carbonyl (C=O) groups is 2. The molecule has 5 rings (SSSR count). The van der Waals surface area contributed by atoms with Crippen LogP contribution in [0.1, 0.15) is 16.6 Å². The topological polar surface area (TPSA) is 318 Å². The average Bonchev–Trinajstić information content (AvgIpc) is 3.63. The summed E-state index contributed by atoms with van der Waals surface area (Å²) in [5.74, 6) is -1.62. The summed E-state index contributed by atoms with van der Waals surface area (Å²) in [7, 11) is -8.32. The predicted octanol–water partition coefficient (Wildman–Crippen LogP) is 0.480. The normalized spacial score (nSPS) is 21.1. The van der Waals surface area contributed by atoms with Gasteiger partial charge in [0.2, 0.25) is 5.95 Å². The zero-order valence-electron chi connectivity index (χ0n) is 26.4. The molecule has 2 amide bonds. The monoisotopic (exact) mass is 755 g/mol. The number of methoxy groups -OCH3 is 2. The number of fused-ring (bicyclic) bond motifs is 1. The minimum absolute atomic E-state index is 0.00383. The number of rotatable bonds is 14. The summed E-state index contributed by atoms with van der Waals surface area (Å²) in [6.07, 6.45) is -5.27. The molecule has 0 saturated carbocycles. The van der Waals surface area contributed by atoms with Crippen molar-refractivity contribution in [2.45, 2.75) is 24.5 Å². The third-order valence-electron chi connectivity index (χ3n) is 7.11. The van der Waals surface area contributed by atoms with Crippen LogP contribution in [-0.4, -0.2) is 97.1 Å². The van der Waals surface area contributed by atoms with Crippen LogP contribution in [0.25, 0.3) is 11.2 Å². The van der Waals surface area contributed by atoms with E-state index in [9.17, 15) is 43.5 Å². The van der Waals surface area contributed by atoms with Gasteiger partial charge < -0.3 is 50.6 Å². The van der Waals surface area contributed by atoms with Crippen molar-refractivity contribution in [3.05, 3.63) is 64.7 Å². The molecule has 0 aliphatic carbocycles. The molecule has 24 heteroatoms. The molecule has 0 spiro atoms. The fourth-order valence-corrected chi connectivity index (χ4v) is 6.81.